The Balaban J connectivity index is 1.59. The fraction of sp³-hybridized carbons (Fsp3) is 0.182. The first-order valence-electron chi connectivity index (χ1n) is 9.27. The van der Waals surface area contributed by atoms with Crippen LogP contribution in [0.2, 0.25) is 0 Å². The molecule has 0 aliphatic rings. The third-order valence-corrected chi connectivity index (χ3v) is 4.64. The summed E-state index contributed by atoms with van der Waals surface area (Å²) in [4.78, 5) is 34.9. The normalized spacial score (nSPS) is 11.5. The summed E-state index contributed by atoms with van der Waals surface area (Å²) in [6.45, 7) is 1.86. The van der Waals surface area contributed by atoms with Crippen molar-refractivity contribution in [2.75, 3.05) is 7.11 Å². The van der Waals surface area contributed by atoms with Crippen LogP contribution < -0.4 is 15.4 Å². The first kappa shape index (κ1) is 20.8. The first-order valence-corrected chi connectivity index (χ1v) is 9.27. The fourth-order valence-corrected chi connectivity index (χ4v) is 2.96. The first-order chi connectivity index (χ1) is 14.4. The molecule has 3 aromatic carbocycles. The number of hydrogen-bond acceptors (Lipinski definition) is 5. The zero-order valence-corrected chi connectivity index (χ0v) is 16.5. The number of nitrogens with zero attached hydrogens (tertiary/aromatic N) is 1. The largest absolute Gasteiger partial charge is 0.497 e. The number of non-ortho nitro benzene ring substituents is 1. The lowest BCUT2D eigenvalue weighted by Crippen LogP contribution is -2.44. The van der Waals surface area contributed by atoms with Gasteiger partial charge in [-0.15, -0.1) is 0 Å². The Labute approximate surface area is 173 Å². The van der Waals surface area contributed by atoms with Gasteiger partial charge in [-0.2, -0.15) is 0 Å². The molecule has 8 heteroatoms. The molecule has 0 aliphatic heterocycles. The van der Waals surface area contributed by atoms with Gasteiger partial charge in [0.1, 0.15) is 11.8 Å². The molecule has 0 unspecified atom stereocenters. The Morgan fingerprint density at radius 3 is 2.53 bits per heavy atom. The molecule has 154 valence electrons. The van der Waals surface area contributed by atoms with E-state index in [-0.39, 0.29) is 17.2 Å². The molecular formula is C22H21N3O5. The van der Waals surface area contributed by atoms with Crippen molar-refractivity contribution < 1.29 is 19.2 Å². The van der Waals surface area contributed by atoms with Gasteiger partial charge >= 0.3 is 0 Å². The zero-order chi connectivity index (χ0) is 21.7. The summed E-state index contributed by atoms with van der Waals surface area (Å²) in [7, 11) is 1.62. The molecule has 0 fully saturated rings. The highest BCUT2D eigenvalue weighted by molar-refractivity contribution is 5.97. The van der Waals surface area contributed by atoms with Crippen molar-refractivity contribution in [1.82, 2.24) is 10.6 Å². The fourth-order valence-electron chi connectivity index (χ4n) is 2.96. The summed E-state index contributed by atoms with van der Waals surface area (Å²) >= 11 is 0. The third-order valence-electron chi connectivity index (χ3n) is 4.64. The topological polar surface area (TPSA) is 111 Å². The van der Waals surface area contributed by atoms with Gasteiger partial charge in [0.2, 0.25) is 5.91 Å². The molecule has 3 aromatic rings. The van der Waals surface area contributed by atoms with Gasteiger partial charge in [0.25, 0.3) is 11.6 Å². The van der Waals surface area contributed by atoms with Crippen LogP contribution in [0.5, 0.6) is 5.75 Å². The second-order valence-electron chi connectivity index (χ2n) is 6.77. The highest BCUT2D eigenvalue weighted by Gasteiger charge is 2.18. The summed E-state index contributed by atoms with van der Waals surface area (Å²) in [5.41, 5.74) is 0.848. The van der Waals surface area contributed by atoms with E-state index in [1.54, 1.807) is 14.0 Å². The molecule has 0 saturated heterocycles. The minimum Gasteiger partial charge on any atom is -0.497 e. The maximum absolute atomic E-state index is 12.4. The van der Waals surface area contributed by atoms with Crippen LogP contribution in [0.3, 0.4) is 0 Å². The van der Waals surface area contributed by atoms with Gasteiger partial charge in [-0.3, -0.25) is 19.7 Å². The molecular weight excluding hydrogens is 386 g/mol. The molecule has 3 rings (SSSR count). The van der Waals surface area contributed by atoms with E-state index in [1.807, 2.05) is 36.4 Å². The van der Waals surface area contributed by atoms with Gasteiger partial charge in [0.05, 0.1) is 12.0 Å². The number of benzene rings is 3. The number of nitro groups is 1. The van der Waals surface area contributed by atoms with E-state index in [2.05, 4.69) is 10.6 Å². The van der Waals surface area contributed by atoms with Crippen LogP contribution in [-0.4, -0.2) is 29.9 Å². The maximum Gasteiger partial charge on any atom is 0.270 e. The highest BCUT2D eigenvalue weighted by Crippen LogP contribution is 2.21. The number of ether oxygens (including phenoxy) is 1. The number of hydrogen-bond donors (Lipinski definition) is 2. The Kier molecular flexibility index (Phi) is 6.26. The standard InChI is InChI=1S/C22H21N3O5/c1-14(24-22(27)18-4-3-5-19(11-18)25(28)29)21(26)23-13-15-6-7-17-12-20(30-2)9-8-16(17)10-15/h3-12,14H,13H2,1-2H3,(H,23,26)(H,24,27)/t14-/m0/s1. The average molecular weight is 407 g/mol. The van der Waals surface area contributed by atoms with Crippen LogP contribution in [0.4, 0.5) is 5.69 Å². The van der Waals surface area contributed by atoms with Crippen molar-refractivity contribution in [3.8, 4) is 5.75 Å². The van der Waals surface area contributed by atoms with Gasteiger partial charge < -0.3 is 15.4 Å². The van der Waals surface area contributed by atoms with E-state index in [1.165, 1.54) is 24.3 Å². The Morgan fingerprint density at radius 1 is 1.07 bits per heavy atom. The lowest BCUT2D eigenvalue weighted by atomic mass is 10.1. The summed E-state index contributed by atoms with van der Waals surface area (Å²) in [6.07, 6.45) is 0. The van der Waals surface area contributed by atoms with Gasteiger partial charge in [-0.25, -0.2) is 0 Å². The third kappa shape index (κ3) is 4.91. The number of amides is 2. The molecule has 2 amide bonds. The predicted octanol–water partition coefficient (Wildman–Crippen LogP) is 3.19. The number of fused-ring (bicyclic) bond motifs is 1. The minimum absolute atomic E-state index is 0.119. The van der Waals surface area contributed by atoms with Gasteiger partial charge in [-0.1, -0.05) is 24.3 Å². The number of nitrogens with one attached hydrogen (secondary N) is 2. The minimum atomic E-state index is -0.804. The van der Waals surface area contributed by atoms with Gasteiger partial charge in [-0.05, 0) is 47.5 Å². The van der Waals surface area contributed by atoms with E-state index in [0.29, 0.717) is 6.54 Å². The number of nitro benzene ring substituents is 1. The lowest BCUT2D eigenvalue weighted by Gasteiger charge is -2.14. The molecule has 0 saturated carbocycles. The van der Waals surface area contributed by atoms with Crippen molar-refractivity contribution in [2.24, 2.45) is 0 Å². The average Bonchev–Trinajstić information content (AvgIpc) is 2.76. The number of rotatable bonds is 7. The monoisotopic (exact) mass is 407 g/mol. The molecule has 1 atom stereocenters. The zero-order valence-electron chi connectivity index (χ0n) is 16.5. The van der Waals surface area contributed by atoms with Gasteiger partial charge in [0, 0.05) is 24.2 Å². The Morgan fingerprint density at radius 2 is 1.80 bits per heavy atom. The van der Waals surface area contributed by atoms with Gasteiger partial charge in [0.15, 0.2) is 0 Å². The van der Waals surface area contributed by atoms with Crippen molar-refractivity contribution in [3.63, 3.8) is 0 Å². The van der Waals surface area contributed by atoms with Crippen LogP contribution in [0, 0.1) is 10.1 Å². The summed E-state index contributed by atoms with van der Waals surface area (Å²) < 4.78 is 5.21. The van der Waals surface area contributed by atoms with E-state index < -0.39 is 16.9 Å². The SMILES string of the molecule is COc1ccc2cc(CNC(=O)[C@H](C)NC(=O)c3cccc([N+](=O)[O-])c3)ccc2c1. The van der Waals surface area contributed by atoms with Crippen molar-refractivity contribution in [1.29, 1.82) is 0 Å². The smallest absolute Gasteiger partial charge is 0.270 e. The molecule has 8 nitrogen and oxygen atoms in total. The van der Waals surface area contributed by atoms with E-state index in [9.17, 15) is 19.7 Å². The lowest BCUT2D eigenvalue weighted by molar-refractivity contribution is -0.384. The second kappa shape index (κ2) is 9.04. The van der Waals surface area contributed by atoms with Crippen LogP contribution in [-0.2, 0) is 11.3 Å². The van der Waals surface area contributed by atoms with Crippen LogP contribution in [0.25, 0.3) is 10.8 Å². The molecule has 30 heavy (non-hydrogen) atoms. The Bertz CT molecular complexity index is 1110. The maximum atomic E-state index is 12.4. The van der Waals surface area contributed by atoms with Crippen LogP contribution in [0.15, 0.2) is 60.7 Å². The molecule has 0 heterocycles. The van der Waals surface area contributed by atoms with E-state index >= 15 is 0 Å². The molecule has 2 N–H and O–H groups in total. The van der Waals surface area contributed by atoms with E-state index in [4.69, 9.17) is 4.74 Å². The summed E-state index contributed by atoms with van der Waals surface area (Å²) in [6, 6.07) is 16.1. The summed E-state index contributed by atoms with van der Waals surface area (Å²) in [5, 5.41) is 18.2. The second-order valence-corrected chi connectivity index (χ2v) is 6.77. The summed E-state index contributed by atoms with van der Waals surface area (Å²) in [5.74, 6) is -0.138. The van der Waals surface area contributed by atoms with Crippen molar-refractivity contribution in [2.45, 2.75) is 19.5 Å². The molecule has 0 spiro atoms. The molecule has 0 bridgehead atoms. The number of methoxy groups -OCH3 is 1. The van der Waals surface area contributed by atoms with E-state index in [0.717, 1.165) is 22.1 Å². The van der Waals surface area contributed by atoms with Crippen LogP contribution in [0.1, 0.15) is 22.8 Å². The predicted molar refractivity (Wildman–Crippen MR) is 112 cm³/mol. The highest BCUT2D eigenvalue weighted by atomic mass is 16.6. The number of carbonyl (C=O) groups excluding carboxylic acids is 2. The Hall–Kier alpha value is -3.94. The quantitative estimate of drug-likeness (QED) is 0.462. The van der Waals surface area contributed by atoms with Crippen molar-refractivity contribution in [3.05, 3.63) is 81.9 Å². The number of carbonyl (C=O) groups is 2. The van der Waals surface area contributed by atoms with Crippen LogP contribution >= 0.6 is 0 Å². The van der Waals surface area contributed by atoms with Crippen molar-refractivity contribution >= 4 is 28.3 Å². The molecule has 0 aliphatic carbocycles. The molecule has 0 radical (unpaired) electrons. The molecule has 0 aromatic heterocycles.